The molecule has 0 aliphatic carbocycles. The molecule has 1 aliphatic heterocycles. The maximum absolute atomic E-state index is 10.0. The molecule has 4 rings (SSSR count). The van der Waals surface area contributed by atoms with Crippen LogP contribution in [0.3, 0.4) is 0 Å². The van der Waals surface area contributed by atoms with Crippen molar-refractivity contribution in [3.63, 3.8) is 0 Å². The van der Waals surface area contributed by atoms with Crippen LogP contribution < -0.4 is 9.30 Å². The van der Waals surface area contributed by atoms with Gasteiger partial charge < -0.3 is 9.84 Å². The zero-order valence-corrected chi connectivity index (χ0v) is 14.6. The van der Waals surface area contributed by atoms with E-state index in [4.69, 9.17) is 4.74 Å². The van der Waals surface area contributed by atoms with Crippen molar-refractivity contribution in [1.82, 2.24) is 0 Å². The Labute approximate surface area is 142 Å². The number of phenols is 1. The van der Waals surface area contributed by atoms with E-state index in [1.165, 1.54) is 38.7 Å². The minimum Gasteiger partial charge on any atom is -0.508 e. The second-order valence-electron chi connectivity index (χ2n) is 6.75. The molecule has 1 aromatic heterocycles. The number of ether oxygens (including phenoxy) is 1. The Morgan fingerprint density at radius 3 is 2.58 bits per heavy atom. The van der Waals surface area contributed by atoms with Crippen molar-refractivity contribution in [3.8, 4) is 22.8 Å². The molecule has 1 aliphatic rings. The van der Waals surface area contributed by atoms with Crippen molar-refractivity contribution in [1.29, 1.82) is 0 Å². The van der Waals surface area contributed by atoms with E-state index in [0.29, 0.717) is 5.75 Å². The van der Waals surface area contributed by atoms with Crippen LogP contribution in [0.5, 0.6) is 11.5 Å². The van der Waals surface area contributed by atoms with Gasteiger partial charge in [-0.25, -0.2) is 0 Å². The number of aromatic hydroxyl groups is 1. The topological polar surface area (TPSA) is 33.3 Å². The second kappa shape index (κ2) is 5.23. The molecule has 0 amide bonds. The fourth-order valence-corrected chi connectivity index (χ4v) is 3.92. The molecule has 0 bridgehead atoms. The number of aromatic nitrogens is 1. The van der Waals surface area contributed by atoms with Crippen molar-refractivity contribution in [3.05, 3.63) is 52.7 Å². The highest BCUT2D eigenvalue weighted by molar-refractivity contribution is 5.90. The van der Waals surface area contributed by atoms with Crippen molar-refractivity contribution in [2.24, 2.45) is 0 Å². The average molecular weight is 320 g/mol. The summed E-state index contributed by atoms with van der Waals surface area (Å²) in [6, 6.07) is 8.48. The van der Waals surface area contributed by atoms with Crippen LogP contribution in [-0.4, -0.2) is 12.2 Å². The molecule has 0 saturated heterocycles. The lowest BCUT2D eigenvalue weighted by atomic mass is 9.92. The van der Waals surface area contributed by atoms with Gasteiger partial charge in [0.1, 0.15) is 11.5 Å². The number of nitrogens with zero attached hydrogens (tertiary/aromatic N) is 1. The summed E-state index contributed by atoms with van der Waals surface area (Å²) in [4.78, 5) is 0. The molecule has 0 unspecified atom stereocenters. The molecule has 2 heterocycles. The van der Waals surface area contributed by atoms with Gasteiger partial charge in [-0.2, -0.15) is 4.57 Å². The fourth-order valence-electron chi connectivity index (χ4n) is 3.92. The molecule has 0 fully saturated rings. The lowest BCUT2D eigenvalue weighted by Crippen LogP contribution is -2.40. The number of phenolic OH excluding ortho intramolecular Hbond substituents is 1. The third kappa shape index (κ3) is 2.08. The summed E-state index contributed by atoms with van der Waals surface area (Å²) >= 11 is 0. The normalized spacial score (nSPS) is 12.8. The third-order valence-corrected chi connectivity index (χ3v) is 5.20. The molecule has 1 N–H and O–H groups in total. The Kier molecular flexibility index (Phi) is 3.27. The summed E-state index contributed by atoms with van der Waals surface area (Å²) in [7, 11) is 1.73. The van der Waals surface area contributed by atoms with Crippen LogP contribution in [0, 0.1) is 20.8 Å². The van der Waals surface area contributed by atoms with Gasteiger partial charge in [0, 0.05) is 23.3 Å². The van der Waals surface area contributed by atoms with E-state index in [2.05, 4.69) is 42.8 Å². The summed E-state index contributed by atoms with van der Waals surface area (Å²) in [5, 5.41) is 12.5. The number of pyridine rings is 1. The van der Waals surface area contributed by atoms with E-state index in [1.807, 2.05) is 13.0 Å². The van der Waals surface area contributed by atoms with E-state index < -0.39 is 0 Å². The number of rotatable bonds is 1. The Morgan fingerprint density at radius 1 is 1.04 bits per heavy atom. The molecule has 3 heteroatoms. The van der Waals surface area contributed by atoms with Crippen LogP contribution in [0.25, 0.3) is 22.0 Å². The summed E-state index contributed by atoms with van der Waals surface area (Å²) in [6.45, 7) is 7.10. The maximum Gasteiger partial charge on any atom is 0.213 e. The first-order valence-electron chi connectivity index (χ1n) is 8.34. The molecule has 0 radical (unpaired) electrons. The number of methoxy groups -OCH3 is 1. The fraction of sp³-hybridized carbons (Fsp3) is 0.286. The molecule has 2 aromatic carbocycles. The van der Waals surface area contributed by atoms with Crippen LogP contribution in [-0.2, 0) is 13.0 Å². The summed E-state index contributed by atoms with van der Waals surface area (Å²) < 4.78 is 7.92. The van der Waals surface area contributed by atoms with Gasteiger partial charge >= 0.3 is 0 Å². The lowest BCUT2D eigenvalue weighted by molar-refractivity contribution is -0.686. The Morgan fingerprint density at radius 2 is 1.83 bits per heavy atom. The van der Waals surface area contributed by atoms with Crippen LogP contribution in [0.2, 0.25) is 0 Å². The predicted octanol–water partition coefficient (Wildman–Crippen LogP) is 3.99. The van der Waals surface area contributed by atoms with Crippen molar-refractivity contribution < 1.29 is 14.4 Å². The molecule has 3 nitrogen and oxygen atoms in total. The van der Waals surface area contributed by atoms with Crippen LogP contribution in [0.1, 0.15) is 22.3 Å². The maximum atomic E-state index is 10.0. The third-order valence-electron chi connectivity index (χ3n) is 5.20. The molecular formula is C21H22NO2+. The first kappa shape index (κ1) is 15.0. The smallest absolute Gasteiger partial charge is 0.213 e. The zero-order valence-electron chi connectivity index (χ0n) is 14.6. The average Bonchev–Trinajstić information content (AvgIpc) is 2.55. The van der Waals surface area contributed by atoms with E-state index >= 15 is 0 Å². The number of hydrogen-bond donors (Lipinski definition) is 1. The minimum atomic E-state index is 0.386. The van der Waals surface area contributed by atoms with Gasteiger partial charge in [-0.1, -0.05) is 0 Å². The SMILES string of the molecule is COc1c(C)cc2c[n+]3c(cc2c1C)-c1cc(C)c(O)cc1CC3. The van der Waals surface area contributed by atoms with Crippen molar-refractivity contribution >= 4 is 10.8 Å². The minimum absolute atomic E-state index is 0.386. The van der Waals surface area contributed by atoms with Crippen LogP contribution in [0.15, 0.2) is 30.5 Å². The quantitative estimate of drug-likeness (QED) is 0.688. The standard InChI is InChI=1S/C21H21NO2/c1-12-8-18-15(9-20(12)23)5-6-22-11-16-7-13(2)21(24-4)14(3)17(16)10-19(18)22/h7-11H,5-6H2,1-4H3/p+1. The highest BCUT2D eigenvalue weighted by Crippen LogP contribution is 2.35. The van der Waals surface area contributed by atoms with Gasteiger partial charge in [-0.15, -0.1) is 0 Å². The highest BCUT2D eigenvalue weighted by atomic mass is 16.5. The zero-order chi connectivity index (χ0) is 17.0. The number of fused-ring (bicyclic) bond motifs is 4. The van der Waals surface area contributed by atoms with Crippen molar-refractivity contribution in [2.45, 2.75) is 33.7 Å². The summed E-state index contributed by atoms with van der Waals surface area (Å²) in [6.07, 6.45) is 3.19. The molecule has 3 aromatic rings. The van der Waals surface area contributed by atoms with Gasteiger partial charge in [0.05, 0.1) is 12.7 Å². The van der Waals surface area contributed by atoms with Crippen LogP contribution in [0.4, 0.5) is 0 Å². The van der Waals surface area contributed by atoms with Crippen molar-refractivity contribution in [2.75, 3.05) is 7.11 Å². The number of aryl methyl sites for hydroxylation is 5. The first-order chi connectivity index (χ1) is 11.5. The molecule has 122 valence electrons. The predicted molar refractivity (Wildman–Crippen MR) is 95.7 cm³/mol. The number of benzene rings is 2. The highest BCUT2D eigenvalue weighted by Gasteiger charge is 2.25. The molecule has 24 heavy (non-hydrogen) atoms. The first-order valence-corrected chi connectivity index (χ1v) is 8.34. The second-order valence-corrected chi connectivity index (χ2v) is 6.75. The van der Waals surface area contributed by atoms with Crippen LogP contribution >= 0.6 is 0 Å². The molecule has 0 atom stereocenters. The Balaban J connectivity index is 2.04. The molecular weight excluding hydrogens is 298 g/mol. The van der Waals surface area contributed by atoms with Gasteiger partial charge in [0.25, 0.3) is 0 Å². The number of hydrogen-bond acceptors (Lipinski definition) is 2. The van der Waals surface area contributed by atoms with E-state index in [0.717, 1.165) is 24.3 Å². The summed E-state index contributed by atoms with van der Waals surface area (Å²) in [5.74, 6) is 1.35. The Hall–Kier alpha value is -2.55. The van der Waals surface area contributed by atoms with E-state index in [-0.39, 0.29) is 0 Å². The van der Waals surface area contributed by atoms with Gasteiger partial charge in [0.15, 0.2) is 12.7 Å². The van der Waals surface area contributed by atoms with Gasteiger partial charge in [-0.3, -0.25) is 0 Å². The van der Waals surface area contributed by atoms with Gasteiger partial charge in [-0.05, 0) is 61.2 Å². The molecule has 0 spiro atoms. The molecule has 0 saturated carbocycles. The van der Waals surface area contributed by atoms with Gasteiger partial charge in [0.2, 0.25) is 5.69 Å². The van der Waals surface area contributed by atoms with E-state index in [9.17, 15) is 5.11 Å². The largest absolute Gasteiger partial charge is 0.508 e. The lowest BCUT2D eigenvalue weighted by Gasteiger charge is -2.18. The van der Waals surface area contributed by atoms with E-state index in [1.54, 1.807) is 7.11 Å². The monoisotopic (exact) mass is 320 g/mol. The summed E-state index contributed by atoms with van der Waals surface area (Å²) in [5.41, 5.74) is 6.91. The Bertz CT molecular complexity index is 989.